The summed E-state index contributed by atoms with van der Waals surface area (Å²) in [6, 6.07) is 8.35. The predicted octanol–water partition coefficient (Wildman–Crippen LogP) is 2.17. The van der Waals surface area contributed by atoms with Crippen molar-refractivity contribution in [1.29, 1.82) is 5.26 Å². The molecule has 0 N–H and O–H groups in total. The monoisotopic (exact) mass is 215 g/mol. The number of hydrogen-bond donors (Lipinski definition) is 0. The number of nitrogens with zero attached hydrogens (tertiary/aromatic N) is 3. The van der Waals surface area contributed by atoms with Crippen LogP contribution in [0.4, 0.5) is 0 Å². The Kier molecular flexibility index (Phi) is 3.90. The SMILES string of the molecule is N#CCCN1CCC(c2ccccn2)CC1. The molecule has 1 saturated heterocycles. The van der Waals surface area contributed by atoms with Crippen LogP contribution in [0.25, 0.3) is 0 Å². The van der Waals surface area contributed by atoms with E-state index in [0.29, 0.717) is 12.3 Å². The van der Waals surface area contributed by atoms with Crippen LogP contribution in [0.5, 0.6) is 0 Å². The van der Waals surface area contributed by atoms with E-state index in [9.17, 15) is 0 Å². The molecule has 1 aliphatic heterocycles. The van der Waals surface area contributed by atoms with Crippen molar-refractivity contribution in [3.8, 4) is 6.07 Å². The number of nitriles is 1. The first-order valence-electron chi connectivity index (χ1n) is 5.90. The summed E-state index contributed by atoms with van der Waals surface area (Å²) in [5.41, 5.74) is 1.22. The summed E-state index contributed by atoms with van der Waals surface area (Å²) < 4.78 is 0. The van der Waals surface area contributed by atoms with Gasteiger partial charge in [-0.3, -0.25) is 4.98 Å². The smallest absolute Gasteiger partial charge is 0.0635 e. The van der Waals surface area contributed by atoms with Crippen LogP contribution >= 0.6 is 0 Å². The third-order valence-electron chi connectivity index (χ3n) is 3.23. The number of aromatic nitrogens is 1. The summed E-state index contributed by atoms with van der Waals surface area (Å²) in [5.74, 6) is 0.611. The number of hydrogen-bond acceptors (Lipinski definition) is 3. The highest BCUT2D eigenvalue weighted by atomic mass is 15.1. The van der Waals surface area contributed by atoms with Crippen molar-refractivity contribution in [2.24, 2.45) is 0 Å². The molecule has 3 heteroatoms. The highest BCUT2D eigenvalue weighted by Gasteiger charge is 2.20. The van der Waals surface area contributed by atoms with Crippen LogP contribution in [-0.2, 0) is 0 Å². The molecule has 2 rings (SSSR count). The quantitative estimate of drug-likeness (QED) is 0.775. The Bertz CT molecular complexity index is 347. The maximum absolute atomic E-state index is 8.54. The van der Waals surface area contributed by atoms with Crippen molar-refractivity contribution in [3.05, 3.63) is 30.1 Å². The van der Waals surface area contributed by atoms with Gasteiger partial charge >= 0.3 is 0 Å². The van der Waals surface area contributed by atoms with Gasteiger partial charge in [-0.2, -0.15) is 5.26 Å². The van der Waals surface area contributed by atoms with Crippen LogP contribution < -0.4 is 0 Å². The van der Waals surface area contributed by atoms with Gasteiger partial charge in [0.25, 0.3) is 0 Å². The normalized spacial score (nSPS) is 18.2. The van der Waals surface area contributed by atoms with Crippen molar-refractivity contribution < 1.29 is 0 Å². The molecule has 0 aliphatic carbocycles. The van der Waals surface area contributed by atoms with E-state index < -0.39 is 0 Å². The lowest BCUT2D eigenvalue weighted by Gasteiger charge is -2.30. The molecule has 0 unspecified atom stereocenters. The summed E-state index contributed by atoms with van der Waals surface area (Å²) in [5, 5.41) is 8.54. The lowest BCUT2D eigenvalue weighted by molar-refractivity contribution is 0.215. The van der Waals surface area contributed by atoms with Gasteiger partial charge in [0.05, 0.1) is 6.07 Å². The maximum atomic E-state index is 8.54. The molecular formula is C13H17N3. The molecule has 16 heavy (non-hydrogen) atoms. The Morgan fingerprint density at radius 2 is 2.19 bits per heavy atom. The number of rotatable bonds is 3. The summed E-state index contributed by atoms with van der Waals surface area (Å²) in [4.78, 5) is 6.80. The fourth-order valence-electron chi connectivity index (χ4n) is 2.28. The van der Waals surface area contributed by atoms with Crippen molar-refractivity contribution in [2.75, 3.05) is 19.6 Å². The molecule has 2 heterocycles. The zero-order valence-corrected chi connectivity index (χ0v) is 9.47. The molecule has 0 spiro atoms. The van der Waals surface area contributed by atoms with Crippen LogP contribution in [0, 0.1) is 11.3 Å². The topological polar surface area (TPSA) is 39.9 Å². The van der Waals surface area contributed by atoms with Gasteiger partial charge in [-0.1, -0.05) is 6.07 Å². The van der Waals surface area contributed by atoms with Crippen LogP contribution in [0.1, 0.15) is 30.9 Å². The highest BCUT2D eigenvalue weighted by molar-refractivity contribution is 5.10. The maximum Gasteiger partial charge on any atom is 0.0635 e. The lowest BCUT2D eigenvalue weighted by atomic mass is 9.93. The molecule has 1 aromatic heterocycles. The summed E-state index contributed by atoms with van der Waals surface area (Å²) >= 11 is 0. The summed E-state index contributed by atoms with van der Waals surface area (Å²) in [7, 11) is 0. The van der Waals surface area contributed by atoms with Crippen molar-refractivity contribution in [1.82, 2.24) is 9.88 Å². The Morgan fingerprint density at radius 3 is 2.81 bits per heavy atom. The van der Waals surface area contributed by atoms with Crippen molar-refractivity contribution in [3.63, 3.8) is 0 Å². The van der Waals surface area contributed by atoms with Crippen LogP contribution in [0.3, 0.4) is 0 Å². The molecule has 0 atom stereocenters. The lowest BCUT2D eigenvalue weighted by Crippen LogP contribution is -2.33. The van der Waals surface area contributed by atoms with Gasteiger partial charge in [-0.25, -0.2) is 0 Å². The zero-order valence-electron chi connectivity index (χ0n) is 9.47. The van der Waals surface area contributed by atoms with Crippen molar-refractivity contribution in [2.45, 2.75) is 25.2 Å². The van der Waals surface area contributed by atoms with Crippen LogP contribution in [-0.4, -0.2) is 29.5 Å². The van der Waals surface area contributed by atoms with Gasteiger partial charge in [-0.05, 0) is 38.1 Å². The minimum absolute atomic E-state index is 0.611. The second-order valence-electron chi connectivity index (χ2n) is 4.28. The van der Waals surface area contributed by atoms with E-state index in [1.165, 1.54) is 18.5 Å². The molecule has 1 aromatic rings. The average Bonchev–Trinajstić information content (AvgIpc) is 2.38. The van der Waals surface area contributed by atoms with Crippen LogP contribution in [0.2, 0.25) is 0 Å². The molecule has 1 aliphatic rings. The average molecular weight is 215 g/mol. The number of likely N-dealkylation sites (tertiary alicyclic amines) is 1. The van der Waals surface area contributed by atoms with Crippen LogP contribution in [0.15, 0.2) is 24.4 Å². The zero-order chi connectivity index (χ0) is 11.2. The van der Waals surface area contributed by atoms with E-state index in [0.717, 1.165) is 19.6 Å². The Hall–Kier alpha value is -1.40. The minimum atomic E-state index is 0.611. The Morgan fingerprint density at radius 1 is 1.38 bits per heavy atom. The fraction of sp³-hybridized carbons (Fsp3) is 0.538. The second kappa shape index (κ2) is 5.62. The third kappa shape index (κ3) is 2.80. The first-order chi connectivity index (χ1) is 7.90. The third-order valence-corrected chi connectivity index (χ3v) is 3.23. The Labute approximate surface area is 96.7 Å². The molecule has 84 valence electrons. The van der Waals surface area contributed by atoms with E-state index in [-0.39, 0.29) is 0 Å². The van der Waals surface area contributed by atoms with E-state index in [1.54, 1.807) is 0 Å². The van der Waals surface area contributed by atoms with E-state index in [1.807, 2.05) is 12.3 Å². The van der Waals surface area contributed by atoms with Crippen molar-refractivity contribution >= 4 is 0 Å². The Balaban J connectivity index is 1.84. The van der Waals surface area contributed by atoms with Gasteiger partial charge in [0, 0.05) is 30.8 Å². The second-order valence-corrected chi connectivity index (χ2v) is 4.28. The molecule has 0 aromatic carbocycles. The van der Waals surface area contributed by atoms with E-state index >= 15 is 0 Å². The number of pyridine rings is 1. The first kappa shape index (κ1) is 11.1. The molecule has 0 radical (unpaired) electrons. The fourth-order valence-corrected chi connectivity index (χ4v) is 2.28. The first-order valence-corrected chi connectivity index (χ1v) is 5.90. The van der Waals surface area contributed by atoms with Gasteiger partial charge in [-0.15, -0.1) is 0 Å². The predicted molar refractivity (Wildman–Crippen MR) is 62.9 cm³/mol. The summed E-state index contributed by atoms with van der Waals surface area (Å²) in [6.45, 7) is 3.12. The molecule has 0 bridgehead atoms. The largest absolute Gasteiger partial charge is 0.302 e. The van der Waals surface area contributed by atoms with Gasteiger partial charge < -0.3 is 4.90 Å². The van der Waals surface area contributed by atoms with Gasteiger partial charge in [0.2, 0.25) is 0 Å². The number of piperidine rings is 1. The van der Waals surface area contributed by atoms with Gasteiger partial charge in [0.15, 0.2) is 0 Å². The molecule has 0 saturated carbocycles. The minimum Gasteiger partial charge on any atom is -0.302 e. The highest BCUT2D eigenvalue weighted by Crippen LogP contribution is 2.26. The molecular weight excluding hydrogens is 198 g/mol. The van der Waals surface area contributed by atoms with Gasteiger partial charge in [0.1, 0.15) is 0 Å². The molecule has 3 nitrogen and oxygen atoms in total. The standard InChI is InChI=1S/C13H17N3/c14-7-3-9-16-10-5-12(6-11-16)13-4-1-2-8-15-13/h1-2,4,8,12H,3,5-6,9-11H2. The summed E-state index contributed by atoms with van der Waals surface area (Å²) in [6.07, 6.45) is 4.86. The molecule has 1 fully saturated rings. The van der Waals surface area contributed by atoms with E-state index in [4.69, 9.17) is 5.26 Å². The molecule has 0 amide bonds. The van der Waals surface area contributed by atoms with E-state index in [2.05, 4.69) is 28.1 Å².